The molecule has 2 heteroatoms. The highest BCUT2D eigenvalue weighted by Gasteiger charge is 2.22. The van der Waals surface area contributed by atoms with E-state index in [1.54, 1.807) is 12.7 Å². The topological polar surface area (TPSA) is 12.5 Å². The molecule has 1 aliphatic heterocycles. The second-order valence-electron chi connectivity index (χ2n) is 6.52. The molecular weight excluding hydrogens is 294 g/mol. The summed E-state index contributed by atoms with van der Waals surface area (Å²) < 4.78 is 5.29. The van der Waals surface area contributed by atoms with Crippen LogP contribution in [0.5, 0.6) is 0 Å². The Kier molecular flexibility index (Phi) is 4.33. The van der Waals surface area contributed by atoms with Gasteiger partial charge < -0.3 is 4.74 Å². The lowest BCUT2D eigenvalue weighted by Gasteiger charge is -2.29. The van der Waals surface area contributed by atoms with E-state index in [1.807, 2.05) is 0 Å². The molecule has 2 aromatic rings. The maximum absolute atomic E-state index is 5.29. The Hall–Kier alpha value is -2.16. The Labute approximate surface area is 144 Å². The quantitative estimate of drug-likeness (QED) is 0.681. The predicted molar refractivity (Wildman–Crippen MR) is 101 cm³/mol. The van der Waals surface area contributed by atoms with Crippen molar-refractivity contribution in [2.24, 2.45) is 0 Å². The van der Waals surface area contributed by atoms with E-state index >= 15 is 0 Å². The van der Waals surface area contributed by atoms with Gasteiger partial charge in [0.05, 0.1) is 6.73 Å². The van der Waals surface area contributed by atoms with Crippen LogP contribution in [0.1, 0.15) is 35.1 Å². The SMILES string of the molecule is COCN1CCC(=C2c3ccccc3C=Cc3ccccc32)CC1. The highest BCUT2D eigenvalue weighted by Crippen LogP contribution is 2.38. The van der Waals surface area contributed by atoms with Crippen LogP contribution in [0.3, 0.4) is 0 Å². The molecule has 4 rings (SSSR count). The fourth-order valence-corrected chi connectivity index (χ4v) is 3.83. The maximum Gasteiger partial charge on any atom is 0.0986 e. The number of fused-ring (bicyclic) bond motifs is 2. The Bertz CT molecular complexity index is 742. The average Bonchev–Trinajstić information content (AvgIpc) is 2.80. The van der Waals surface area contributed by atoms with Gasteiger partial charge in [-0.15, -0.1) is 0 Å². The van der Waals surface area contributed by atoms with Crippen LogP contribution < -0.4 is 0 Å². The smallest absolute Gasteiger partial charge is 0.0986 e. The van der Waals surface area contributed by atoms with E-state index in [2.05, 4.69) is 65.6 Å². The number of hydrogen-bond donors (Lipinski definition) is 0. The fraction of sp³-hybridized carbons (Fsp3) is 0.273. The number of piperidine rings is 1. The van der Waals surface area contributed by atoms with Gasteiger partial charge in [0.25, 0.3) is 0 Å². The monoisotopic (exact) mass is 317 g/mol. The second-order valence-corrected chi connectivity index (χ2v) is 6.52. The van der Waals surface area contributed by atoms with Crippen molar-refractivity contribution >= 4 is 17.7 Å². The van der Waals surface area contributed by atoms with E-state index in [0.717, 1.165) is 32.7 Å². The molecule has 1 fully saturated rings. The molecule has 0 radical (unpaired) electrons. The third kappa shape index (κ3) is 2.83. The Morgan fingerprint density at radius 1 is 0.833 bits per heavy atom. The third-order valence-electron chi connectivity index (χ3n) is 5.03. The molecule has 0 amide bonds. The van der Waals surface area contributed by atoms with Crippen LogP contribution in [0, 0.1) is 0 Å². The Morgan fingerprint density at radius 3 is 1.92 bits per heavy atom. The summed E-state index contributed by atoms with van der Waals surface area (Å²) in [5.41, 5.74) is 8.39. The number of likely N-dealkylation sites (tertiary alicyclic amines) is 1. The number of rotatable bonds is 2. The summed E-state index contributed by atoms with van der Waals surface area (Å²) in [5, 5.41) is 0. The van der Waals surface area contributed by atoms with Gasteiger partial charge in [0.15, 0.2) is 0 Å². The molecule has 0 spiro atoms. The minimum atomic E-state index is 0.733. The lowest BCUT2D eigenvalue weighted by molar-refractivity contribution is 0.0582. The van der Waals surface area contributed by atoms with Crippen molar-refractivity contribution < 1.29 is 4.74 Å². The normalized spacial score (nSPS) is 17.4. The average molecular weight is 317 g/mol. The zero-order valence-corrected chi connectivity index (χ0v) is 14.2. The molecule has 0 atom stereocenters. The molecule has 2 aromatic carbocycles. The number of methoxy groups -OCH3 is 1. The first kappa shape index (κ1) is 15.4. The van der Waals surface area contributed by atoms with Gasteiger partial charge in [0, 0.05) is 20.2 Å². The summed E-state index contributed by atoms with van der Waals surface area (Å²) >= 11 is 0. The lowest BCUT2D eigenvalue weighted by atomic mass is 9.86. The first-order valence-corrected chi connectivity index (χ1v) is 8.67. The van der Waals surface area contributed by atoms with Crippen molar-refractivity contribution in [1.82, 2.24) is 4.90 Å². The van der Waals surface area contributed by atoms with E-state index in [9.17, 15) is 0 Å². The summed E-state index contributed by atoms with van der Waals surface area (Å²) in [6.45, 7) is 2.88. The van der Waals surface area contributed by atoms with Gasteiger partial charge in [0.2, 0.25) is 0 Å². The highest BCUT2D eigenvalue weighted by atomic mass is 16.5. The van der Waals surface area contributed by atoms with Crippen molar-refractivity contribution in [3.63, 3.8) is 0 Å². The first-order valence-electron chi connectivity index (χ1n) is 8.67. The molecule has 0 unspecified atom stereocenters. The van der Waals surface area contributed by atoms with Crippen LogP contribution in [0.4, 0.5) is 0 Å². The number of hydrogen-bond acceptors (Lipinski definition) is 2. The summed E-state index contributed by atoms with van der Waals surface area (Å²) in [6, 6.07) is 17.5. The molecule has 1 saturated heterocycles. The first-order chi connectivity index (χ1) is 11.9. The van der Waals surface area contributed by atoms with E-state index in [-0.39, 0.29) is 0 Å². The van der Waals surface area contributed by atoms with Crippen LogP contribution in [0.15, 0.2) is 54.1 Å². The molecule has 122 valence electrons. The maximum atomic E-state index is 5.29. The van der Waals surface area contributed by atoms with Crippen LogP contribution in [0.2, 0.25) is 0 Å². The van der Waals surface area contributed by atoms with Gasteiger partial charge in [-0.05, 0) is 40.7 Å². The zero-order chi connectivity index (χ0) is 16.4. The van der Waals surface area contributed by atoms with Crippen LogP contribution in [-0.4, -0.2) is 31.8 Å². The summed E-state index contributed by atoms with van der Waals surface area (Å²) in [4.78, 5) is 2.39. The molecule has 1 heterocycles. The summed E-state index contributed by atoms with van der Waals surface area (Å²) in [7, 11) is 1.78. The third-order valence-corrected chi connectivity index (χ3v) is 5.03. The number of nitrogens with zero attached hydrogens (tertiary/aromatic N) is 1. The zero-order valence-electron chi connectivity index (χ0n) is 14.2. The lowest BCUT2D eigenvalue weighted by Crippen LogP contribution is -2.32. The molecular formula is C22H23NO. The molecule has 1 aliphatic carbocycles. The van der Waals surface area contributed by atoms with Crippen LogP contribution >= 0.6 is 0 Å². The van der Waals surface area contributed by atoms with Crippen LogP contribution in [0.25, 0.3) is 17.7 Å². The largest absolute Gasteiger partial charge is 0.369 e. The number of ether oxygens (including phenoxy) is 1. The van der Waals surface area contributed by atoms with E-state index in [0.29, 0.717) is 0 Å². The minimum absolute atomic E-state index is 0.733. The van der Waals surface area contributed by atoms with E-state index < -0.39 is 0 Å². The van der Waals surface area contributed by atoms with Crippen molar-refractivity contribution in [2.45, 2.75) is 12.8 Å². The molecule has 2 nitrogen and oxygen atoms in total. The summed E-state index contributed by atoms with van der Waals surface area (Å²) in [6.07, 6.45) is 6.73. The second kappa shape index (κ2) is 6.76. The van der Waals surface area contributed by atoms with Gasteiger partial charge in [-0.1, -0.05) is 66.3 Å². The van der Waals surface area contributed by atoms with Gasteiger partial charge >= 0.3 is 0 Å². The van der Waals surface area contributed by atoms with Gasteiger partial charge in [-0.2, -0.15) is 0 Å². The van der Waals surface area contributed by atoms with Gasteiger partial charge in [0.1, 0.15) is 0 Å². The molecule has 2 aliphatic rings. The summed E-state index contributed by atoms with van der Waals surface area (Å²) in [5.74, 6) is 0. The molecule has 0 bridgehead atoms. The highest BCUT2D eigenvalue weighted by molar-refractivity contribution is 5.94. The Balaban J connectivity index is 1.82. The van der Waals surface area contributed by atoms with Crippen molar-refractivity contribution in [2.75, 3.05) is 26.9 Å². The fourth-order valence-electron chi connectivity index (χ4n) is 3.83. The van der Waals surface area contributed by atoms with Crippen LogP contribution in [-0.2, 0) is 4.74 Å². The molecule has 0 aromatic heterocycles. The van der Waals surface area contributed by atoms with Crippen molar-refractivity contribution in [3.05, 3.63) is 76.4 Å². The Morgan fingerprint density at radius 2 is 1.38 bits per heavy atom. The standard InChI is InChI=1S/C22H23NO/c1-24-16-23-14-12-19(13-15-23)22-20-8-4-2-6-17(20)10-11-18-7-3-5-9-21(18)22/h2-11H,12-16H2,1H3. The molecule has 0 N–H and O–H groups in total. The molecule has 0 saturated carbocycles. The van der Waals surface area contributed by atoms with Gasteiger partial charge in [-0.25, -0.2) is 0 Å². The molecule has 24 heavy (non-hydrogen) atoms. The number of benzene rings is 2. The van der Waals surface area contributed by atoms with Crippen molar-refractivity contribution in [3.8, 4) is 0 Å². The minimum Gasteiger partial charge on any atom is -0.369 e. The van der Waals surface area contributed by atoms with E-state index in [1.165, 1.54) is 27.8 Å². The van der Waals surface area contributed by atoms with E-state index in [4.69, 9.17) is 4.74 Å². The van der Waals surface area contributed by atoms with Gasteiger partial charge in [-0.3, -0.25) is 4.90 Å². The predicted octanol–water partition coefficient (Wildman–Crippen LogP) is 4.67. The van der Waals surface area contributed by atoms with Crippen molar-refractivity contribution in [1.29, 1.82) is 0 Å².